The summed E-state index contributed by atoms with van der Waals surface area (Å²) in [6.07, 6.45) is -0.0874. The Labute approximate surface area is 126 Å². The minimum atomic E-state index is -0.558. The van der Waals surface area contributed by atoms with E-state index >= 15 is 0 Å². The summed E-state index contributed by atoms with van der Waals surface area (Å²) in [5, 5.41) is 5.58. The van der Waals surface area contributed by atoms with Gasteiger partial charge in [0.15, 0.2) is 0 Å². The van der Waals surface area contributed by atoms with Gasteiger partial charge in [-0.3, -0.25) is 4.79 Å². The highest BCUT2D eigenvalue weighted by Crippen LogP contribution is 2.14. The molecule has 0 saturated carbocycles. The number of hydrogen-bond donors (Lipinski definition) is 2. The van der Waals surface area contributed by atoms with E-state index in [0.717, 1.165) is 5.56 Å². The molecule has 0 saturated heterocycles. The number of ether oxygens (including phenoxy) is 1. The van der Waals surface area contributed by atoms with E-state index in [-0.39, 0.29) is 11.9 Å². The molecule has 0 heterocycles. The first kappa shape index (κ1) is 17.0. The van der Waals surface area contributed by atoms with Crippen molar-refractivity contribution in [2.45, 2.75) is 45.8 Å². The van der Waals surface area contributed by atoms with Gasteiger partial charge in [0.2, 0.25) is 5.91 Å². The number of carbonyl (C=O) groups excluding carboxylic acids is 2. The molecular weight excluding hydrogens is 268 g/mol. The van der Waals surface area contributed by atoms with Crippen molar-refractivity contribution in [2.75, 3.05) is 6.54 Å². The van der Waals surface area contributed by atoms with Gasteiger partial charge in [0.1, 0.15) is 5.60 Å². The van der Waals surface area contributed by atoms with Crippen LogP contribution in [0, 0.1) is 0 Å². The first-order valence-electron chi connectivity index (χ1n) is 7.13. The highest BCUT2D eigenvalue weighted by Gasteiger charge is 2.20. The highest BCUT2D eigenvalue weighted by atomic mass is 16.6. The number of hydrogen-bond acceptors (Lipinski definition) is 3. The van der Waals surface area contributed by atoms with Crippen LogP contribution in [-0.4, -0.2) is 24.1 Å². The Morgan fingerprint density at radius 1 is 1.19 bits per heavy atom. The normalized spacial score (nSPS) is 12.4. The van der Waals surface area contributed by atoms with Gasteiger partial charge in [-0.25, -0.2) is 4.79 Å². The van der Waals surface area contributed by atoms with Crippen LogP contribution in [-0.2, 0) is 9.53 Å². The van der Waals surface area contributed by atoms with Gasteiger partial charge in [0.25, 0.3) is 0 Å². The Hall–Kier alpha value is -2.04. The third-order valence-electron chi connectivity index (χ3n) is 2.72. The second kappa shape index (κ2) is 7.67. The van der Waals surface area contributed by atoms with E-state index in [2.05, 4.69) is 10.6 Å². The average Bonchev–Trinajstić information content (AvgIpc) is 2.42. The van der Waals surface area contributed by atoms with E-state index in [9.17, 15) is 9.59 Å². The van der Waals surface area contributed by atoms with Crippen molar-refractivity contribution in [3.8, 4) is 0 Å². The van der Waals surface area contributed by atoms with Gasteiger partial charge < -0.3 is 15.4 Å². The molecule has 0 aliphatic carbocycles. The summed E-state index contributed by atoms with van der Waals surface area (Å²) in [5.74, 6) is -0.0538. The Morgan fingerprint density at radius 2 is 1.81 bits per heavy atom. The zero-order valence-corrected chi connectivity index (χ0v) is 13.1. The van der Waals surface area contributed by atoms with Crippen LogP contribution in [0.5, 0.6) is 0 Å². The lowest BCUT2D eigenvalue weighted by atomic mass is 10.1. The molecule has 1 atom stereocenters. The summed E-state index contributed by atoms with van der Waals surface area (Å²) < 4.78 is 5.26. The maximum atomic E-state index is 11.9. The molecular formula is C16H24N2O3. The zero-order valence-electron chi connectivity index (χ0n) is 13.1. The number of benzene rings is 1. The molecule has 2 amide bonds. The Morgan fingerprint density at radius 3 is 2.33 bits per heavy atom. The van der Waals surface area contributed by atoms with E-state index in [0.29, 0.717) is 13.0 Å². The maximum Gasteiger partial charge on any atom is 0.408 e. The molecule has 1 aromatic rings. The molecule has 1 aromatic carbocycles. The van der Waals surface area contributed by atoms with Gasteiger partial charge in [0.05, 0.1) is 6.04 Å². The van der Waals surface area contributed by atoms with E-state index in [1.807, 2.05) is 51.1 Å². The van der Waals surface area contributed by atoms with E-state index in [4.69, 9.17) is 4.74 Å². The summed E-state index contributed by atoms with van der Waals surface area (Å²) in [6, 6.07) is 9.16. The van der Waals surface area contributed by atoms with Crippen LogP contribution in [0.3, 0.4) is 0 Å². The first-order valence-corrected chi connectivity index (χ1v) is 7.13. The molecule has 0 aliphatic rings. The Kier molecular flexibility index (Phi) is 6.21. The predicted molar refractivity (Wildman–Crippen MR) is 81.9 cm³/mol. The van der Waals surface area contributed by atoms with Crippen LogP contribution in [0.1, 0.15) is 45.7 Å². The third kappa shape index (κ3) is 6.79. The van der Waals surface area contributed by atoms with Crippen LogP contribution in [0.15, 0.2) is 30.3 Å². The standard InChI is InChI=1S/C16H24N2O3/c1-5-14(19)17-11-13(12-9-7-6-8-10-12)18-15(20)21-16(2,3)4/h6-10,13H,5,11H2,1-4H3,(H,17,19)(H,18,20). The fourth-order valence-electron chi connectivity index (χ4n) is 1.73. The lowest BCUT2D eigenvalue weighted by Gasteiger charge is -2.24. The lowest BCUT2D eigenvalue weighted by molar-refractivity contribution is -0.120. The zero-order chi connectivity index (χ0) is 15.9. The minimum Gasteiger partial charge on any atom is -0.444 e. The average molecular weight is 292 g/mol. The summed E-state index contributed by atoms with van der Waals surface area (Å²) in [7, 11) is 0. The molecule has 21 heavy (non-hydrogen) atoms. The monoisotopic (exact) mass is 292 g/mol. The summed E-state index contributed by atoms with van der Waals surface area (Å²) in [4.78, 5) is 23.3. The van der Waals surface area contributed by atoms with Gasteiger partial charge in [-0.05, 0) is 26.3 Å². The largest absolute Gasteiger partial charge is 0.444 e. The second-order valence-corrected chi connectivity index (χ2v) is 5.77. The van der Waals surface area contributed by atoms with E-state index in [1.165, 1.54) is 0 Å². The number of alkyl carbamates (subject to hydrolysis) is 1. The lowest BCUT2D eigenvalue weighted by Crippen LogP contribution is -2.40. The molecule has 0 aliphatic heterocycles. The van der Waals surface area contributed by atoms with Crippen molar-refractivity contribution in [3.63, 3.8) is 0 Å². The van der Waals surface area contributed by atoms with Gasteiger partial charge >= 0.3 is 6.09 Å². The molecule has 0 bridgehead atoms. The van der Waals surface area contributed by atoms with Crippen molar-refractivity contribution in [1.82, 2.24) is 10.6 Å². The molecule has 5 nitrogen and oxygen atoms in total. The van der Waals surface area contributed by atoms with E-state index < -0.39 is 11.7 Å². The minimum absolute atomic E-state index is 0.0538. The molecule has 0 aromatic heterocycles. The first-order chi connectivity index (χ1) is 9.81. The van der Waals surface area contributed by atoms with Crippen LogP contribution in [0.2, 0.25) is 0 Å². The highest BCUT2D eigenvalue weighted by molar-refractivity contribution is 5.75. The fourth-order valence-corrected chi connectivity index (χ4v) is 1.73. The van der Waals surface area contributed by atoms with Crippen molar-refractivity contribution in [2.24, 2.45) is 0 Å². The Bertz CT molecular complexity index is 466. The fraction of sp³-hybridized carbons (Fsp3) is 0.500. The SMILES string of the molecule is CCC(=O)NCC(NC(=O)OC(C)(C)C)c1ccccc1. The van der Waals surface area contributed by atoms with Crippen LogP contribution < -0.4 is 10.6 Å². The molecule has 116 valence electrons. The van der Waals surface area contributed by atoms with Gasteiger partial charge in [-0.1, -0.05) is 37.3 Å². The molecule has 1 unspecified atom stereocenters. The van der Waals surface area contributed by atoms with Crippen molar-refractivity contribution < 1.29 is 14.3 Å². The van der Waals surface area contributed by atoms with Gasteiger partial charge in [-0.15, -0.1) is 0 Å². The van der Waals surface area contributed by atoms with Crippen LogP contribution in [0.4, 0.5) is 4.79 Å². The molecule has 0 radical (unpaired) electrons. The van der Waals surface area contributed by atoms with Crippen LogP contribution >= 0.6 is 0 Å². The maximum absolute atomic E-state index is 11.9. The van der Waals surface area contributed by atoms with Crippen molar-refractivity contribution in [1.29, 1.82) is 0 Å². The molecule has 2 N–H and O–H groups in total. The van der Waals surface area contributed by atoms with Crippen molar-refractivity contribution in [3.05, 3.63) is 35.9 Å². The second-order valence-electron chi connectivity index (χ2n) is 5.77. The molecule has 1 rings (SSSR count). The molecule has 0 spiro atoms. The predicted octanol–water partition coefficient (Wildman–Crippen LogP) is 2.78. The number of amides is 2. The van der Waals surface area contributed by atoms with Crippen molar-refractivity contribution >= 4 is 12.0 Å². The van der Waals surface area contributed by atoms with E-state index in [1.54, 1.807) is 6.92 Å². The summed E-state index contributed by atoms with van der Waals surface area (Å²) in [6.45, 7) is 7.54. The summed E-state index contributed by atoms with van der Waals surface area (Å²) in [5.41, 5.74) is 0.359. The third-order valence-corrected chi connectivity index (χ3v) is 2.72. The van der Waals surface area contributed by atoms with Crippen LogP contribution in [0.25, 0.3) is 0 Å². The number of carbonyl (C=O) groups is 2. The van der Waals surface area contributed by atoms with Gasteiger partial charge in [0, 0.05) is 13.0 Å². The molecule has 5 heteroatoms. The number of nitrogens with one attached hydrogen (secondary N) is 2. The topological polar surface area (TPSA) is 67.4 Å². The number of rotatable bonds is 5. The Balaban J connectivity index is 2.73. The quantitative estimate of drug-likeness (QED) is 0.877. The smallest absolute Gasteiger partial charge is 0.408 e. The van der Waals surface area contributed by atoms with Gasteiger partial charge in [-0.2, -0.15) is 0 Å². The summed E-state index contributed by atoms with van der Waals surface area (Å²) >= 11 is 0. The molecule has 0 fully saturated rings.